The topological polar surface area (TPSA) is 98.8 Å². The number of hydrogen-bond donors (Lipinski definition) is 2. The average molecular weight is 469 g/mol. The average Bonchev–Trinajstić information content (AvgIpc) is 3.20. The second-order valence-corrected chi connectivity index (χ2v) is 10.5. The van der Waals surface area contributed by atoms with Crippen LogP contribution in [0.5, 0.6) is 0 Å². The number of rotatable bonds is 5. The van der Waals surface area contributed by atoms with Crippen molar-refractivity contribution in [2.24, 2.45) is 5.92 Å². The molecule has 184 valence electrons. The number of amides is 1. The highest BCUT2D eigenvalue weighted by Crippen LogP contribution is 2.32. The molecule has 2 aliphatic rings. The minimum Gasteiger partial charge on any atom is -0.465 e. The highest BCUT2D eigenvalue weighted by Gasteiger charge is 2.26. The van der Waals surface area contributed by atoms with E-state index in [0.717, 1.165) is 60.9 Å². The third kappa shape index (κ3) is 6.17. The van der Waals surface area contributed by atoms with Crippen molar-refractivity contribution in [3.8, 4) is 0 Å². The molecule has 0 atom stereocenters. The van der Waals surface area contributed by atoms with E-state index in [0.29, 0.717) is 31.5 Å². The Morgan fingerprint density at radius 2 is 1.85 bits per heavy atom. The number of aromatic nitrogens is 2. The van der Waals surface area contributed by atoms with Crippen molar-refractivity contribution in [1.29, 1.82) is 0 Å². The van der Waals surface area contributed by atoms with Gasteiger partial charge in [0.15, 0.2) is 0 Å². The number of nitrogens with zero attached hydrogens (tertiary/aromatic N) is 3. The zero-order valence-corrected chi connectivity index (χ0v) is 20.4. The van der Waals surface area contributed by atoms with E-state index in [2.05, 4.69) is 45.4 Å². The van der Waals surface area contributed by atoms with Crippen LogP contribution in [0.3, 0.4) is 0 Å². The molecule has 0 spiro atoms. The molecule has 0 unspecified atom stereocenters. The van der Waals surface area contributed by atoms with Gasteiger partial charge in [0.25, 0.3) is 0 Å². The van der Waals surface area contributed by atoms with E-state index in [1.807, 2.05) is 20.8 Å². The van der Waals surface area contributed by atoms with Crippen molar-refractivity contribution in [3.05, 3.63) is 35.5 Å². The van der Waals surface area contributed by atoms with Crippen molar-refractivity contribution >= 4 is 29.0 Å². The first kappa shape index (κ1) is 24.3. The summed E-state index contributed by atoms with van der Waals surface area (Å²) in [4.78, 5) is 26.8. The number of carbonyl (C=O) groups excluding carboxylic acids is 1. The normalized spacial score (nSPS) is 19.2. The number of likely N-dealkylation sites (tertiary alicyclic amines) is 2. The van der Waals surface area contributed by atoms with Crippen molar-refractivity contribution in [2.75, 3.05) is 32.7 Å². The van der Waals surface area contributed by atoms with Gasteiger partial charge in [-0.05, 0) is 77.1 Å². The standard InChI is InChI=1S/C26H36N4O4/c1-26(2,3)34-23(31)17-29-12-10-20(11-13-29)24-21-7-6-19(16-22(21)27-28-24)5-4-18-8-14-30(15-9-18)25(32)33/h4-7,16,18,20H,8-15,17H2,1-3H3,(H,27,28)(H,32,33)/b5-4+. The maximum atomic E-state index is 12.1. The molecule has 2 fully saturated rings. The zero-order chi connectivity index (χ0) is 24.3. The molecule has 3 heterocycles. The summed E-state index contributed by atoms with van der Waals surface area (Å²) in [6.45, 7) is 8.95. The van der Waals surface area contributed by atoms with E-state index in [1.54, 1.807) is 0 Å². The number of ether oxygens (including phenoxy) is 1. The van der Waals surface area contributed by atoms with E-state index in [4.69, 9.17) is 9.84 Å². The van der Waals surface area contributed by atoms with Crippen molar-refractivity contribution in [3.63, 3.8) is 0 Å². The Morgan fingerprint density at radius 1 is 1.15 bits per heavy atom. The fraction of sp³-hybridized carbons (Fsp3) is 0.577. The second-order valence-electron chi connectivity index (χ2n) is 10.5. The zero-order valence-electron chi connectivity index (χ0n) is 20.4. The summed E-state index contributed by atoms with van der Waals surface area (Å²) in [5.74, 6) is 0.628. The molecule has 8 heteroatoms. The van der Waals surface area contributed by atoms with Crippen LogP contribution in [0.1, 0.15) is 63.6 Å². The molecule has 0 saturated carbocycles. The lowest BCUT2D eigenvalue weighted by Crippen LogP contribution is -2.39. The molecule has 1 aromatic heterocycles. The number of carboxylic acid groups (broad SMARTS) is 1. The number of fused-ring (bicyclic) bond motifs is 1. The monoisotopic (exact) mass is 468 g/mol. The third-order valence-electron chi connectivity index (χ3n) is 6.73. The number of aromatic amines is 1. The van der Waals surface area contributed by atoms with Gasteiger partial charge in [0.2, 0.25) is 0 Å². The fourth-order valence-electron chi connectivity index (χ4n) is 4.92. The predicted molar refractivity (Wildman–Crippen MR) is 132 cm³/mol. The Balaban J connectivity index is 1.32. The lowest BCUT2D eigenvalue weighted by atomic mass is 9.91. The highest BCUT2D eigenvalue weighted by molar-refractivity contribution is 5.84. The molecule has 2 aliphatic heterocycles. The van der Waals surface area contributed by atoms with Crippen LogP contribution in [0, 0.1) is 5.92 Å². The third-order valence-corrected chi connectivity index (χ3v) is 6.73. The van der Waals surface area contributed by atoms with Gasteiger partial charge in [-0.3, -0.25) is 14.8 Å². The van der Waals surface area contributed by atoms with Crippen LogP contribution in [-0.2, 0) is 9.53 Å². The highest BCUT2D eigenvalue weighted by atomic mass is 16.6. The van der Waals surface area contributed by atoms with Crippen LogP contribution in [-0.4, -0.2) is 75.5 Å². The summed E-state index contributed by atoms with van der Waals surface area (Å²) >= 11 is 0. The summed E-state index contributed by atoms with van der Waals surface area (Å²) in [7, 11) is 0. The summed E-state index contributed by atoms with van der Waals surface area (Å²) in [6, 6.07) is 6.40. The van der Waals surface area contributed by atoms with E-state index in [-0.39, 0.29) is 5.97 Å². The van der Waals surface area contributed by atoms with Crippen molar-refractivity contribution < 1.29 is 19.4 Å². The molecule has 0 radical (unpaired) electrons. The SMILES string of the molecule is CC(C)(C)OC(=O)CN1CCC(c2n[nH]c3cc(/C=C/C4CCN(C(=O)O)CC4)ccc23)CC1. The quantitative estimate of drug-likeness (QED) is 0.628. The molecular formula is C26H36N4O4. The lowest BCUT2D eigenvalue weighted by Gasteiger charge is -2.31. The van der Waals surface area contributed by atoms with Gasteiger partial charge in [0.1, 0.15) is 5.60 Å². The van der Waals surface area contributed by atoms with E-state index in [9.17, 15) is 9.59 Å². The van der Waals surface area contributed by atoms with Crippen molar-refractivity contribution in [2.45, 2.75) is 58.0 Å². The van der Waals surface area contributed by atoms with Gasteiger partial charge in [-0.15, -0.1) is 0 Å². The van der Waals surface area contributed by atoms with Gasteiger partial charge in [-0.25, -0.2) is 4.79 Å². The maximum Gasteiger partial charge on any atom is 0.407 e. The molecule has 1 aromatic carbocycles. The Bertz CT molecular complexity index is 1040. The second kappa shape index (κ2) is 10.2. The van der Waals surface area contributed by atoms with Crippen molar-refractivity contribution in [1.82, 2.24) is 20.0 Å². The number of H-pyrrole nitrogens is 1. The molecule has 2 aromatic rings. The molecule has 0 bridgehead atoms. The smallest absolute Gasteiger partial charge is 0.407 e. The summed E-state index contributed by atoms with van der Waals surface area (Å²) in [5, 5.41) is 18.1. The number of piperidine rings is 2. The largest absolute Gasteiger partial charge is 0.465 e. The van der Waals surface area contributed by atoms with Gasteiger partial charge in [0, 0.05) is 24.4 Å². The molecule has 2 saturated heterocycles. The maximum absolute atomic E-state index is 12.1. The Hall–Kier alpha value is -2.87. The first-order chi connectivity index (χ1) is 16.2. The number of allylic oxidation sites excluding steroid dienone is 1. The fourth-order valence-corrected chi connectivity index (χ4v) is 4.92. The van der Waals surface area contributed by atoms with Crippen LogP contribution >= 0.6 is 0 Å². The van der Waals surface area contributed by atoms with Gasteiger partial charge in [-0.1, -0.05) is 24.3 Å². The molecular weight excluding hydrogens is 432 g/mol. The van der Waals surface area contributed by atoms with Crippen LogP contribution in [0.4, 0.5) is 4.79 Å². The van der Waals surface area contributed by atoms with Gasteiger partial charge >= 0.3 is 12.1 Å². The summed E-state index contributed by atoms with van der Waals surface area (Å²) in [5.41, 5.74) is 2.82. The Morgan fingerprint density at radius 3 is 2.50 bits per heavy atom. The molecule has 4 rings (SSSR count). The van der Waals surface area contributed by atoms with Gasteiger partial charge in [0.05, 0.1) is 17.8 Å². The van der Waals surface area contributed by atoms with Crippen LogP contribution in [0.2, 0.25) is 0 Å². The summed E-state index contributed by atoms with van der Waals surface area (Å²) < 4.78 is 5.45. The molecule has 1 amide bonds. The number of hydrogen-bond acceptors (Lipinski definition) is 5. The number of carbonyl (C=O) groups is 2. The molecule has 8 nitrogen and oxygen atoms in total. The number of esters is 1. The minimum absolute atomic E-state index is 0.163. The van der Waals surface area contributed by atoms with Gasteiger partial charge < -0.3 is 14.7 Å². The van der Waals surface area contributed by atoms with E-state index < -0.39 is 11.7 Å². The number of benzene rings is 1. The Kier molecular flexibility index (Phi) is 7.26. The van der Waals surface area contributed by atoms with E-state index >= 15 is 0 Å². The Labute approximate surface area is 200 Å². The minimum atomic E-state index is -0.823. The van der Waals surface area contributed by atoms with E-state index in [1.165, 1.54) is 4.90 Å². The molecule has 2 N–H and O–H groups in total. The van der Waals surface area contributed by atoms with Crippen LogP contribution < -0.4 is 0 Å². The lowest BCUT2D eigenvalue weighted by molar-refractivity contribution is -0.156. The first-order valence-electron chi connectivity index (χ1n) is 12.3. The number of nitrogens with one attached hydrogen (secondary N) is 1. The molecule has 34 heavy (non-hydrogen) atoms. The summed E-state index contributed by atoms with van der Waals surface area (Å²) in [6.07, 6.45) is 7.20. The molecule has 0 aliphatic carbocycles. The van der Waals surface area contributed by atoms with Crippen LogP contribution in [0.25, 0.3) is 17.0 Å². The van der Waals surface area contributed by atoms with Gasteiger partial charge in [-0.2, -0.15) is 5.10 Å². The predicted octanol–water partition coefficient (Wildman–Crippen LogP) is 4.49. The van der Waals surface area contributed by atoms with Crippen LogP contribution in [0.15, 0.2) is 24.3 Å². The first-order valence-corrected chi connectivity index (χ1v) is 12.3.